The minimum Gasteiger partial charge on any atom is -0.378 e. The Hall–Kier alpha value is -1.39. The zero-order valence-corrected chi connectivity index (χ0v) is 17.2. The second-order valence-corrected chi connectivity index (χ2v) is 6.39. The average molecular weight is 350 g/mol. The molecular weight excluding hydrogens is 310 g/mol. The summed E-state index contributed by atoms with van der Waals surface area (Å²) in [7, 11) is 4.23. The molecule has 1 unspecified atom stereocenters. The van der Waals surface area contributed by atoms with Crippen molar-refractivity contribution in [1.29, 1.82) is 0 Å². The molecule has 25 heavy (non-hydrogen) atoms. The van der Waals surface area contributed by atoms with Crippen LogP contribution in [0.4, 0.5) is 5.69 Å². The molecular formula is C21H39N3O. The van der Waals surface area contributed by atoms with E-state index in [0.29, 0.717) is 6.54 Å². The van der Waals surface area contributed by atoms with Crippen LogP contribution in [0.1, 0.15) is 51.2 Å². The van der Waals surface area contributed by atoms with Crippen LogP contribution in [-0.4, -0.2) is 51.0 Å². The molecule has 1 saturated heterocycles. The van der Waals surface area contributed by atoms with Crippen LogP contribution in [0.5, 0.6) is 0 Å². The average Bonchev–Trinajstić information content (AvgIpc) is 2.62. The van der Waals surface area contributed by atoms with Crippen molar-refractivity contribution in [2.45, 2.75) is 59.4 Å². The largest absolute Gasteiger partial charge is 0.378 e. The number of carbonyl (C=O) groups excluding carboxylic acids is 1. The van der Waals surface area contributed by atoms with Crippen LogP contribution in [-0.2, 0) is 11.2 Å². The highest BCUT2D eigenvalue weighted by atomic mass is 16.1. The summed E-state index contributed by atoms with van der Waals surface area (Å²) in [4.78, 5) is 12.6. The third-order valence-corrected chi connectivity index (χ3v) is 4.10. The van der Waals surface area contributed by atoms with Crippen molar-refractivity contribution in [2.24, 2.45) is 0 Å². The summed E-state index contributed by atoms with van der Waals surface area (Å²) in [5.74, 6) is 0. The number of hydrogen-bond acceptors (Lipinski definition) is 4. The van der Waals surface area contributed by atoms with E-state index in [1.54, 1.807) is 0 Å². The molecule has 0 amide bonds. The zero-order valence-electron chi connectivity index (χ0n) is 17.2. The van der Waals surface area contributed by atoms with Gasteiger partial charge in [-0.2, -0.15) is 0 Å². The second-order valence-electron chi connectivity index (χ2n) is 6.39. The van der Waals surface area contributed by atoms with E-state index in [2.05, 4.69) is 54.6 Å². The first-order chi connectivity index (χ1) is 12.1. The quantitative estimate of drug-likeness (QED) is 0.765. The zero-order chi connectivity index (χ0) is 19.1. The minimum atomic E-state index is 0.384. The van der Waals surface area contributed by atoms with Gasteiger partial charge in [-0.05, 0) is 70.1 Å². The van der Waals surface area contributed by atoms with Gasteiger partial charge >= 0.3 is 0 Å². The molecule has 1 aromatic rings. The Balaban J connectivity index is 0.000000451. The molecule has 0 aromatic heterocycles. The molecule has 0 bridgehead atoms. The molecule has 1 atom stereocenters. The number of carbonyl (C=O) groups is 1. The van der Waals surface area contributed by atoms with Crippen LogP contribution in [0.15, 0.2) is 18.2 Å². The molecule has 144 valence electrons. The fourth-order valence-corrected chi connectivity index (χ4v) is 2.96. The van der Waals surface area contributed by atoms with Crippen LogP contribution in [0.25, 0.3) is 0 Å². The maximum absolute atomic E-state index is 10.2. The molecule has 1 heterocycles. The molecule has 0 aliphatic carbocycles. The number of nitrogens with zero attached hydrogens (tertiary/aromatic N) is 1. The Bertz CT molecular complexity index is 462. The summed E-state index contributed by atoms with van der Waals surface area (Å²) in [6.07, 6.45) is 5.82. The summed E-state index contributed by atoms with van der Waals surface area (Å²) >= 11 is 0. The van der Waals surface area contributed by atoms with Crippen LogP contribution in [0.2, 0.25) is 0 Å². The van der Waals surface area contributed by atoms with Gasteiger partial charge in [0.05, 0.1) is 6.54 Å². The minimum absolute atomic E-state index is 0.384. The van der Waals surface area contributed by atoms with Gasteiger partial charge in [-0.25, -0.2) is 0 Å². The second kappa shape index (κ2) is 14.9. The first kappa shape index (κ1) is 23.6. The fourth-order valence-electron chi connectivity index (χ4n) is 2.96. The molecule has 0 radical (unpaired) electrons. The lowest BCUT2D eigenvalue weighted by molar-refractivity contribution is -0.106. The van der Waals surface area contributed by atoms with E-state index in [0.717, 1.165) is 30.9 Å². The third kappa shape index (κ3) is 11.0. The molecule has 2 rings (SSSR count). The standard InChI is InChI=1S/C12H17NO.C7H16N2.C2H6/c1-3-4-11-7-10(2)8-12(9-11)13-5-6-14;1-8-7-4-3-5-9(2)6-7;1-2/h6-9,13H,3-5H2,1-2H3;7-8H,3-6H2,1-2H3;1-2H3. The molecule has 0 spiro atoms. The monoisotopic (exact) mass is 349 g/mol. The number of nitrogens with one attached hydrogen (secondary N) is 2. The highest BCUT2D eigenvalue weighted by Gasteiger charge is 2.13. The smallest absolute Gasteiger partial charge is 0.139 e. The number of aldehydes is 1. The van der Waals surface area contributed by atoms with E-state index < -0.39 is 0 Å². The van der Waals surface area contributed by atoms with Gasteiger partial charge in [0.15, 0.2) is 0 Å². The van der Waals surface area contributed by atoms with Gasteiger partial charge in [0, 0.05) is 18.3 Å². The summed E-state index contributed by atoms with van der Waals surface area (Å²) in [5, 5.41) is 6.36. The van der Waals surface area contributed by atoms with Crippen molar-refractivity contribution in [3.05, 3.63) is 29.3 Å². The van der Waals surface area contributed by atoms with Crippen molar-refractivity contribution in [1.82, 2.24) is 10.2 Å². The lowest BCUT2D eigenvalue weighted by Gasteiger charge is -2.29. The fraction of sp³-hybridized carbons (Fsp3) is 0.667. The number of piperidine rings is 1. The number of aryl methyl sites for hydroxylation is 2. The Kier molecular flexibility index (Phi) is 14.1. The molecule has 1 aliphatic rings. The van der Waals surface area contributed by atoms with Gasteiger partial charge < -0.3 is 20.3 Å². The van der Waals surface area contributed by atoms with Gasteiger partial charge in [-0.3, -0.25) is 0 Å². The van der Waals surface area contributed by atoms with Crippen molar-refractivity contribution in [2.75, 3.05) is 39.0 Å². The summed E-state index contributed by atoms with van der Waals surface area (Å²) in [5.41, 5.74) is 3.62. The van der Waals surface area contributed by atoms with Crippen molar-refractivity contribution >= 4 is 12.0 Å². The van der Waals surface area contributed by atoms with Gasteiger partial charge in [-0.1, -0.05) is 33.3 Å². The molecule has 4 heteroatoms. The number of likely N-dealkylation sites (tertiary alicyclic amines) is 1. The Morgan fingerprint density at radius 3 is 2.52 bits per heavy atom. The molecule has 1 aliphatic heterocycles. The summed E-state index contributed by atoms with van der Waals surface area (Å²) in [6.45, 7) is 11.1. The van der Waals surface area contributed by atoms with E-state index in [-0.39, 0.29) is 0 Å². The van der Waals surface area contributed by atoms with E-state index in [9.17, 15) is 4.79 Å². The Morgan fingerprint density at radius 1 is 1.28 bits per heavy atom. The van der Waals surface area contributed by atoms with Gasteiger partial charge in [0.2, 0.25) is 0 Å². The highest BCUT2D eigenvalue weighted by molar-refractivity contribution is 5.60. The number of benzene rings is 1. The van der Waals surface area contributed by atoms with Crippen molar-refractivity contribution in [3.63, 3.8) is 0 Å². The van der Waals surface area contributed by atoms with Gasteiger partial charge in [0.25, 0.3) is 0 Å². The normalized spacial score (nSPS) is 16.8. The number of hydrogen-bond donors (Lipinski definition) is 2. The van der Waals surface area contributed by atoms with E-state index in [4.69, 9.17) is 0 Å². The van der Waals surface area contributed by atoms with Crippen LogP contribution in [0, 0.1) is 6.92 Å². The lowest BCUT2D eigenvalue weighted by atomic mass is 10.1. The maximum atomic E-state index is 10.2. The predicted molar refractivity (Wildman–Crippen MR) is 111 cm³/mol. The van der Waals surface area contributed by atoms with Crippen LogP contribution < -0.4 is 10.6 Å². The topological polar surface area (TPSA) is 44.4 Å². The SMILES string of the molecule is CC.CCCc1cc(C)cc(NCC=O)c1.CNC1CCCN(C)C1. The summed E-state index contributed by atoms with van der Waals surface area (Å²) in [6, 6.07) is 7.10. The first-order valence-corrected chi connectivity index (χ1v) is 9.73. The van der Waals surface area contributed by atoms with E-state index >= 15 is 0 Å². The van der Waals surface area contributed by atoms with Crippen molar-refractivity contribution < 1.29 is 4.79 Å². The van der Waals surface area contributed by atoms with Crippen LogP contribution in [0.3, 0.4) is 0 Å². The summed E-state index contributed by atoms with van der Waals surface area (Å²) < 4.78 is 0. The lowest BCUT2D eigenvalue weighted by Crippen LogP contribution is -2.42. The third-order valence-electron chi connectivity index (χ3n) is 4.10. The van der Waals surface area contributed by atoms with E-state index in [1.807, 2.05) is 20.9 Å². The van der Waals surface area contributed by atoms with E-state index in [1.165, 1.54) is 37.1 Å². The van der Waals surface area contributed by atoms with Crippen molar-refractivity contribution in [3.8, 4) is 0 Å². The number of likely N-dealkylation sites (N-methyl/N-ethyl adjacent to an activating group) is 2. The predicted octanol–water partition coefficient (Wildman–Crippen LogP) is 3.88. The molecule has 1 fully saturated rings. The molecule has 1 aromatic carbocycles. The molecule has 0 saturated carbocycles. The maximum Gasteiger partial charge on any atom is 0.139 e. The number of anilines is 1. The van der Waals surface area contributed by atoms with Gasteiger partial charge in [-0.15, -0.1) is 0 Å². The molecule has 4 nitrogen and oxygen atoms in total. The highest BCUT2D eigenvalue weighted by Crippen LogP contribution is 2.15. The Morgan fingerprint density at radius 2 is 2.00 bits per heavy atom. The number of rotatable bonds is 6. The first-order valence-electron chi connectivity index (χ1n) is 9.73. The Labute approximate surface area is 155 Å². The van der Waals surface area contributed by atoms with Gasteiger partial charge in [0.1, 0.15) is 6.29 Å². The van der Waals surface area contributed by atoms with Crippen LogP contribution >= 0.6 is 0 Å². The molecule has 2 N–H and O–H groups in total.